The van der Waals surface area contributed by atoms with Gasteiger partial charge in [-0.15, -0.1) is 0 Å². The molecule has 5 aromatic rings. The van der Waals surface area contributed by atoms with Crippen LogP contribution in [0.1, 0.15) is 53.8 Å². The van der Waals surface area contributed by atoms with Crippen molar-refractivity contribution in [2.75, 3.05) is 6.61 Å². The fraction of sp³-hybridized carbons (Fsp3) is 0.222. The third-order valence-electron chi connectivity index (χ3n) is 7.91. The number of carbonyl (C=O) groups excluding carboxylic acids is 1. The number of benzene rings is 4. The first-order valence-electron chi connectivity index (χ1n) is 14.6. The van der Waals surface area contributed by atoms with Gasteiger partial charge in [-0.3, -0.25) is 4.79 Å². The normalized spacial score (nSPS) is 12.0. The van der Waals surface area contributed by atoms with Crippen LogP contribution in [0.3, 0.4) is 0 Å². The molecule has 0 amide bonds. The summed E-state index contributed by atoms with van der Waals surface area (Å²) in [6.45, 7) is 6.91. The Hall–Kier alpha value is -4.73. The van der Waals surface area contributed by atoms with Crippen molar-refractivity contribution in [2.24, 2.45) is 0 Å². The molecule has 0 unspecified atom stereocenters. The number of hydrogen-bond donors (Lipinski definition) is 1. The van der Waals surface area contributed by atoms with Gasteiger partial charge in [0.1, 0.15) is 5.76 Å². The zero-order valence-corrected chi connectivity index (χ0v) is 26.4. The van der Waals surface area contributed by atoms with Gasteiger partial charge in [0.25, 0.3) is 0 Å². The molecule has 1 aromatic heterocycles. The summed E-state index contributed by atoms with van der Waals surface area (Å²) in [4.78, 5) is 24.2. The molecule has 0 saturated heterocycles. The molecule has 0 aliphatic rings. The summed E-state index contributed by atoms with van der Waals surface area (Å²) in [6.07, 6.45) is 0. The van der Waals surface area contributed by atoms with E-state index in [0.717, 1.165) is 22.1 Å². The van der Waals surface area contributed by atoms with Gasteiger partial charge in [0.2, 0.25) is 15.8 Å². The van der Waals surface area contributed by atoms with E-state index in [0.29, 0.717) is 22.3 Å². The second kappa shape index (κ2) is 12.7. The Balaban J connectivity index is 1.51. The minimum absolute atomic E-state index is 0.00296. The van der Waals surface area contributed by atoms with Gasteiger partial charge in [-0.25, -0.2) is 13.2 Å². The number of carbonyl (C=O) groups is 2. The van der Waals surface area contributed by atoms with E-state index < -0.39 is 27.4 Å². The largest absolute Gasteiger partial charge is 0.481 e. The minimum atomic E-state index is -4.07. The fourth-order valence-electron chi connectivity index (χ4n) is 5.22. The van der Waals surface area contributed by atoms with Crippen LogP contribution in [0.2, 0.25) is 0 Å². The van der Waals surface area contributed by atoms with Crippen molar-refractivity contribution in [1.29, 1.82) is 0 Å². The third-order valence-corrected chi connectivity index (χ3v) is 9.91. The quantitative estimate of drug-likeness (QED) is 0.153. The Morgan fingerprint density at radius 3 is 2.31 bits per heavy atom. The number of nitrogens with zero attached hydrogens (tertiary/aromatic N) is 1. The number of aliphatic carboxylic acids is 1. The van der Waals surface area contributed by atoms with E-state index in [1.165, 1.54) is 10.4 Å². The number of sulfonamides is 1. The summed E-state index contributed by atoms with van der Waals surface area (Å²) in [5, 5.41) is 11.1. The summed E-state index contributed by atoms with van der Waals surface area (Å²) in [5.41, 5.74) is 2.70. The molecular weight excluding hydrogens is 590 g/mol. The van der Waals surface area contributed by atoms with Crippen molar-refractivity contribution in [2.45, 2.75) is 51.1 Å². The lowest BCUT2D eigenvalue weighted by molar-refractivity contribution is -0.142. The van der Waals surface area contributed by atoms with Crippen molar-refractivity contribution < 1.29 is 32.3 Å². The van der Waals surface area contributed by atoms with Crippen LogP contribution in [0.5, 0.6) is 0 Å². The SMILES string of the molecule is CCOC(=O)c1ccc(CN(Cc2ccc(-c3cccc(C(C)(C)C(=O)O)c3)cc2)S(=O)(=O)c2c(C)ccc3ccccc23)o1. The zero-order chi connectivity index (χ0) is 32.4. The summed E-state index contributed by atoms with van der Waals surface area (Å²) in [6, 6.07) is 29.0. The van der Waals surface area contributed by atoms with Crippen molar-refractivity contribution >= 4 is 32.7 Å². The van der Waals surface area contributed by atoms with Crippen LogP contribution in [0.25, 0.3) is 21.9 Å². The highest BCUT2D eigenvalue weighted by atomic mass is 32.2. The smallest absolute Gasteiger partial charge is 0.374 e. The highest BCUT2D eigenvalue weighted by Crippen LogP contribution is 2.32. The maximum absolute atomic E-state index is 14.4. The number of carboxylic acids is 1. The standard InChI is InChI=1S/C36H35NO7S/c1-5-43-34(38)32-20-19-30(44-32)23-37(45(41,42)33-24(2)13-16-27-9-6-7-12-31(27)33)22-25-14-17-26(18-15-25)28-10-8-11-29(21-28)36(3,4)35(39)40/h6-21H,5,22-23H2,1-4H3,(H,39,40). The molecule has 232 valence electrons. The molecule has 1 N–H and O–H groups in total. The van der Waals surface area contributed by atoms with E-state index in [1.807, 2.05) is 66.7 Å². The lowest BCUT2D eigenvalue weighted by Crippen LogP contribution is -2.31. The number of fused-ring (bicyclic) bond motifs is 1. The van der Waals surface area contributed by atoms with Crippen LogP contribution in [-0.2, 0) is 38.1 Å². The monoisotopic (exact) mass is 625 g/mol. The van der Waals surface area contributed by atoms with Crippen LogP contribution in [0.15, 0.2) is 106 Å². The van der Waals surface area contributed by atoms with Gasteiger partial charge >= 0.3 is 11.9 Å². The maximum atomic E-state index is 14.4. The van der Waals surface area contributed by atoms with Crippen molar-refractivity contribution in [3.05, 3.63) is 125 Å². The number of ether oxygens (including phenoxy) is 1. The average molecular weight is 626 g/mol. The second-order valence-electron chi connectivity index (χ2n) is 11.4. The predicted molar refractivity (Wildman–Crippen MR) is 172 cm³/mol. The van der Waals surface area contributed by atoms with Gasteiger partial charge < -0.3 is 14.3 Å². The van der Waals surface area contributed by atoms with Crippen molar-refractivity contribution in [3.8, 4) is 11.1 Å². The molecular formula is C36H35NO7S. The molecule has 9 heteroatoms. The van der Waals surface area contributed by atoms with Gasteiger partial charge in [0, 0.05) is 11.9 Å². The van der Waals surface area contributed by atoms with Gasteiger partial charge in [-0.1, -0.05) is 84.9 Å². The Labute approximate surface area is 262 Å². The molecule has 8 nitrogen and oxygen atoms in total. The van der Waals surface area contributed by atoms with Gasteiger partial charge in [0.05, 0.1) is 23.5 Å². The molecule has 0 bridgehead atoms. The summed E-state index contributed by atoms with van der Waals surface area (Å²) >= 11 is 0. The van der Waals surface area contributed by atoms with E-state index in [4.69, 9.17) is 9.15 Å². The predicted octanol–water partition coefficient (Wildman–Crippen LogP) is 7.34. The number of carboxylic acid groups (broad SMARTS) is 1. The van der Waals surface area contributed by atoms with Crippen molar-refractivity contribution in [1.82, 2.24) is 4.31 Å². The van der Waals surface area contributed by atoms with E-state index in [9.17, 15) is 23.1 Å². The van der Waals surface area contributed by atoms with E-state index in [2.05, 4.69) is 0 Å². The van der Waals surface area contributed by atoms with Gasteiger partial charge in [0.15, 0.2) is 0 Å². The zero-order valence-electron chi connectivity index (χ0n) is 25.6. The van der Waals surface area contributed by atoms with Gasteiger partial charge in [-0.05, 0) is 73.0 Å². The Kier molecular flexibility index (Phi) is 8.95. The lowest BCUT2D eigenvalue weighted by Gasteiger charge is -2.24. The summed E-state index contributed by atoms with van der Waals surface area (Å²) in [7, 11) is -4.07. The minimum Gasteiger partial charge on any atom is -0.481 e. The molecule has 0 aliphatic carbocycles. The average Bonchev–Trinajstić information content (AvgIpc) is 3.50. The number of aryl methyl sites for hydroxylation is 1. The van der Waals surface area contributed by atoms with Crippen LogP contribution < -0.4 is 0 Å². The number of furan rings is 1. The van der Waals surface area contributed by atoms with Crippen molar-refractivity contribution in [3.63, 3.8) is 0 Å². The van der Waals surface area contributed by atoms with E-state index in [1.54, 1.807) is 52.0 Å². The van der Waals surface area contributed by atoms with Crippen LogP contribution >= 0.6 is 0 Å². The molecule has 0 atom stereocenters. The second-order valence-corrected chi connectivity index (χ2v) is 13.3. The lowest BCUT2D eigenvalue weighted by atomic mass is 9.83. The van der Waals surface area contributed by atoms with Gasteiger partial charge in [-0.2, -0.15) is 4.31 Å². The molecule has 45 heavy (non-hydrogen) atoms. The summed E-state index contributed by atoms with van der Waals surface area (Å²) < 4.78 is 41.0. The fourth-order valence-corrected chi connectivity index (χ4v) is 7.03. The molecule has 0 saturated carbocycles. The first-order chi connectivity index (χ1) is 21.4. The Morgan fingerprint density at radius 1 is 0.867 bits per heavy atom. The van der Waals surface area contributed by atoms with Crippen LogP contribution in [-0.4, -0.2) is 36.4 Å². The van der Waals surface area contributed by atoms with Crippen LogP contribution in [0, 0.1) is 6.92 Å². The first kappa shape index (κ1) is 31.7. The topological polar surface area (TPSA) is 114 Å². The van der Waals surface area contributed by atoms with E-state index in [-0.39, 0.29) is 30.4 Å². The molecule has 0 fully saturated rings. The third kappa shape index (κ3) is 6.55. The Bertz CT molecular complexity index is 1970. The molecule has 0 aliphatic heterocycles. The number of esters is 1. The van der Waals surface area contributed by atoms with E-state index >= 15 is 0 Å². The number of rotatable bonds is 11. The molecule has 0 spiro atoms. The number of hydrogen-bond acceptors (Lipinski definition) is 6. The highest BCUT2D eigenvalue weighted by molar-refractivity contribution is 7.89. The molecule has 1 heterocycles. The maximum Gasteiger partial charge on any atom is 0.374 e. The Morgan fingerprint density at radius 2 is 1.60 bits per heavy atom. The highest BCUT2D eigenvalue weighted by Gasteiger charge is 2.31. The summed E-state index contributed by atoms with van der Waals surface area (Å²) in [5.74, 6) is -1.23. The molecule has 4 aromatic carbocycles. The molecule has 0 radical (unpaired) electrons. The van der Waals surface area contributed by atoms with Crippen LogP contribution in [0.4, 0.5) is 0 Å². The molecule has 5 rings (SSSR count). The first-order valence-corrected chi connectivity index (χ1v) is 16.0.